The van der Waals surface area contributed by atoms with E-state index in [0.717, 1.165) is 25.9 Å². The van der Waals surface area contributed by atoms with Crippen molar-refractivity contribution in [2.24, 2.45) is 5.92 Å². The van der Waals surface area contributed by atoms with Crippen LogP contribution in [0.1, 0.15) is 36.8 Å². The lowest BCUT2D eigenvalue weighted by atomic mass is 9.76. The fourth-order valence-corrected chi connectivity index (χ4v) is 3.96. The number of ether oxygens (including phenoxy) is 1. The molecule has 2 aromatic carbocycles. The number of carbonyl (C=O) groups is 1. The summed E-state index contributed by atoms with van der Waals surface area (Å²) < 4.78 is 4.96. The Kier molecular flexibility index (Phi) is 6.86. The zero-order chi connectivity index (χ0) is 19.8. The van der Waals surface area contributed by atoms with E-state index in [2.05, 4.69) is 65.6 Å². The molecule has 1 heterocycles. The van der Waals surface area contributed by atoms with Crippen molar-refractivity contribution in [3.63, 3.8) is 0 Å². The van der Waals surface area contributed by atoms with Crippen molar-refractivity contribution < 1.29 is 9.53 Å². The molecule has 28 heavy (non-hydrogen) atoms. The minimum absolute atomic E-state index is 0.0722. The molecule has 2 aromatic rings. The number of hydrogen-bond acceptors (Lipinski definition) is 4. The van der Waals surface area contributed by atoms with E-state index in [4.69, 9.17) is 4.74 Å². The molecular weight excluding hydrogens is 348 g/mol. The molecule has 1 saturated heterocycles. The van der Waals surface area contributed by atoms with Crippen molar-refractivity contribution in [1.29, 1.82) is 5.26 Å². The highest BCUT2D eigenvalue weighted by Crippen LogP contribution is 2.38. The highest BCUT2D eigenvalue weighted by atomic mass is 16.5. The van der Waals surface area contributed by atoms with E-state index in [1.54, 1.807) is 13.1 Å². The van der Waals surface area contributed by atoms with Crippen molar-refractivity contribution in [3.8, 4) is 6.07 Å². The third-order valence-electron chi connectivity index (χ3n) is 5.29. The number of piperidine rings is 1. The number of benzene rings is 2. The summed E-state index contributed by atoms with van der Waals surface area (Å²) in [6, 6.07) is 23.3. The Morgan fingerprint density at radius 2 is 1.64 bits per heavy atom. The van der Waals surface area contributed by atoms with Crippen LogP contribution in [0, 0.1) is 17.2 Å². The van der Waals surface area contributed by atoms with Gasteiger partial charge in [-0.1, -0.05) is 60.7 Å². The summed E-state index contributed by atoms with van der Waals surface area (Å²) >= 11 is 0. The molecule has 4 heteroatoms. The van der Waals surface area contributed by atoms with E-state index in [1.165, 1.54) is 11.1 Å². The molecule has 0 saturated carbocycles. The fourth-order valence-electron chi connectivity index (χ4n) is 3.96. The summed E-state index contributed by atoms with van der Waals surface area (Å²) in [6.07, 6.45) is 3.67. The van der Waals surface area contributed by atoms with E-state index in [9.17, 15) is 10.1 Å². The predicted octanol–water partition coefficient (Wildman–Crippen LogP) is 4.50. The van der Waals surface area contributed by atoms with Crippen molar-refractivity contribution >= 4 is 5.97 Å². The lowest BCUT2D eigenvalue weighted by Crippen LogP contribution is -2.33. The fraction of sp³-hybridized carbons (Fsp3) is 0.333. The molecule has 1 fully saturated rings. The third kappa shape index (κ3) is 4.80. The zero-order valence-corrected chi connectivity index (χ0v) is 16.3. The topological polar surface area (TPSA) is 53.3 Å². The Bertz CT molecular complexity index is 792. The smallest absolute Gasteiger partial charge is 0.350 e. The van der Waals surface area contributed by atoms with Gasteiger partial charge >= 0.3 is 5.97 Å². The van der Waals surface area contributed by atoms with Crippen molar-refractivity contribution in [1.82, 2.24) is 4.90 Å². The van der Waals surface area contributed by atoms with E-state index in [-0.39, 0.29) is 12.2 Å². The van der Waals surface area contributed by atoms with Gasteiger partial charge in [0.05, 0.1) is 6.61 Å². The quantitative estimate of drug-likeness (QED) is 0.424. The molecular formula is C24H26N2O2. The number of carbonyl (C=O) groups excluding carboxylic acids is 1. The summed E-state index contributed by atoms with van der Waals surface area (Å²) in [6.45, 7) is 3.66. The maximum atomic E-state index is 11.9. The van der Waals surface area contributed by atoms with Gasteiger partial charge in [-0.25, -0.2) is 4.79 Å². The van der Waals surface area contributed by atoms with E-state index in [1.807, 2.05) is 6.07 Å². The molecule has 0 amide bonds. The first-order valence-corrected chi connectivity index (χ1v) is 9.86. The number of hydrogen-bond donors (Lipinski definition) is 0. The normalized spacial score (nSPS) is 15.3. The van der Waals surface area contributed by atoms with Crippen molar-refractivity contribution in [3.05, 3.63) is 83.6 Å². The van der Waals surface area contributed by atoms with E-state index < -0.39 is 5.97 Å². The summed E-state index contributed by atoms with van der Waals surface area (Å²) in [7, 11) is 0. The van der Waals surface area contributed by atoms with Crippen LogP contribution in [0.5, 0.6) is 0 Å². The molecule has 0 unspecified atom stereocenters. The molecule has 144 valence electrons. The summed E-state index contributed by atoms with van der Waals surface area (Å²) in [5.74, 6) is 0.329. The van der Waals surface area contributed by atoms with E-state index in [0.29, 0.717) is 11.8 Å². The van der Waals surface area contributed by atoms with Crippen LogP contribution in [-0.2, 0) is 9.53 Å². The molecule has 0 N–H and O–H groups in total. The van der Waals surface area contributed by atoms with Gasteiger partial charge in [0.1, 0.15) is 6.07 Å². The van der Waals surface area contributed by atoms with Crippen molar-refractivity contribution in [2.75, 3.05) is 19.7 Å². The van der Waals surface area contributed by atoms with Gasteiger partial charge in [-0.3, -0.25) is 0 Å². The first-order chi connectivity index (χ1) is 13.7. The molecule has 0 spiro atoms. The van der Waals surface area contributed by atoms with Crippen LogP contribution in [0.3, 0.4) is 0 Å². The molecule has 3 rings (SSSR count). The maximum Gasteiger partial charge on any atom is 0.350 e. The lowest BCUT2D eigenvalue weighted by Gasteiger charge is -2.36. The molecule has 1 aliphatic heterocycles. The summed E-state index contributed by atoms with van der Waals surface area (Å²) in [5, 5.41) is 9.25. The van der Waals surface area contributed by atoms with Crippen LogP contribution >= 0.6 is 0 Å². The molecule has 1 aliphatic rings. The van der Waals surface area contributed by atoms with Gasteiger partial charge < -0.3 is 9.64 Å². The Morgan fingerprint density at radius 1 is 1.11 bits per heavy atom. The van der Waals surface area contributed by atoms with Crippen LogP contribution in [-0.4, -0.2) is 30.6 Å². The second-order valence-corrected chi connectivity index (χ2v) is 7.05. The summed E-state index contributed by atoms with van der Waals surface area (Å²) in [5.41, 5.74) is 2.75. The zero-order valence-electron chi connectivity index (χ0n) is 16.3. The second kappa shape index (κ2) is 9.75. The lowest BCUT2D eigenvalue weighted by molar-refractivity contribution is -0.138. The summed E-state index contributed by atoms with van der Waals surface area (Å²) in [4.78, 5) is 13.9. The van der Waals surface area contributed by atoms with Gasteiger partial charge in [0.2, 0.25) is 0 Å². The van der Waals surface area contributed by atoms with Gasteiger partial charge in [-0.2, -0.15) is 5.26 Å². The molecule has 0 aliphatic carbocycles. The van der Waals surface area contributed by atoms with Gasteiger partial charge in [0, 0.05) is 25.2 Å². The van der Waals surface area contributed by atoms with Gasteiger partial charge in [-0.15, -0.1) is 0 Å². The highest BCUT2D eigenvalue weighted by molar-refractivity contribution is 5.92. The van der Waals surface area contributed by atoms with Gasteiger partial charge in [-0.05, 0) is 36.8 Å². The first-order valence-electron chi connectivity index (χ1n) is 9.86. The Hall–Kier alpha value is -3.06. The number of likely N-dealkylation sites (tertiary alicyclic amines) is 1. The molecule has 0 aromatic heterocycles. The monoisotopic (exact) mass is 374 g/mol. The average molecular weight is 374 g/mol. The van der Waals surface area contributed by atoms with Crippen LogP contribution in [0.15, 0.2) is 72.4 Å². The minimum Gasteiger partial charge on any atom is -0.462 e. The number of nitriles is 1. The van der Waals surface area contributed by atoms with Crippen LogP contribution in [0.4, 0.5) is 0 Å². The number of esters is 1. The largest absolute Gasteiger partial charge is 0.462 e. The predicted molar refractivity (Wildman–Crippen MR) is 109 cm³/mol. The molecule has 4 nitrogen and oxygen atoms in total. The average Bonchev–Trinajstić information content (AvgIpc) is 2.75. The van der Waals surface area contributed by atoms with E-state index >= 15 is 0 Å². The molecule has 0 radical (unpaired) electrons. The van der Waals surface area contributed by atoms with Crippen LogP contribution in [0.2, 0.25) is 0 Å². The number of rotatable bonds is 6. The minimum atomic E-state index is -0.543. The Morgan fingerprint density at radius 3 is 2.11 bits per heavy atom. The highest BCUT2D eigenvalue weighted by Gasteiger charge is 2.28. The SMILES string of the molecule is CCOC(=O)C(C#N)=CN1CCC(C(c2ccccc2)c2ccccc2)CC1. The standard InChI is InChI=1S/C24H26N2O2/c1-2-28-24(27)22(17-25)18-26-15-13-21(14-16-26)23(19-9-5-3-6-10-19)20-11-7-4-8-12-20/h3-12,18,21,23H,2,13-16H2,1H3. The maximum absolute atomic E-state index is 11.9. The first kappa shape index (κ1) is 19.7. The second-order valence-electron chi connectivity index (χ2n) is 7.05. The van der Waals surface area contributed by atoms with Crippen molar-refractivity contribution in [2.45, 2.75) is 25.7 Å². The molecule has 0 bridgehead atoms. The Balaban J connectivity index is 1.74. The Labute approximate surface area is 167 Å². The molecule has 0 atom stereocenters. The van der Waals surface area contributed by atoms with Crippen LogP contribution < -0.4 is 0 Å². The van der Waals surface area contributed by atoms with Gasteiger partial charge in [0.15, 0.2) is 5.57 Å². The third-order valence-corrected chi connectivity index (χ3v) is 5.29. The number of nitrogens with zero attached hydrogens (tertiary/aromatic N) is 2. The van der Waals surface area contributed by atoms with Gasteiger partial charge in [0.25, 0.3) is 0 Å². The van der Waals surface area contributed by atoms with Crippen LogP contribution in [0.25, 0.3) is 0 Å².